The number of hydrogen-bond donors (Lipinski definition) is 1. The maximum absolute atomic E-state index is 11.6. The zero-order valence-electron chi connectivity index (χ0n) is 9.88. The number of carbonyl (C=O) groups is 2. The van der Waals surface area contributed by atoms with Crippen molar-refractivity contribution in [1.82, 2.24) is 14.7 Å². The normalized spacial score (nSPS) is 10.5. The molecule has 0 saturated carbocycles. The number of amides is 1. The number of aromatic nitrogens is 2. The number of fused-ring (bicyclic) bond motifs is 1. The molecule has 0 bridgehead atoms. The molecule has 0 atom stereocenters. The molecule has 0 fully saturated rings. The van der Waals surface area contributed by atoms with Gasteiger partial charge in [-0.1, -0.05) is 0 Å². The van der Waals surface area contributed by atoms with Crippen molar-refractivity contribution in [3.05, 3.63) is 23.5 Å². The molecule has 0 unspecified atom stereocenters. The molecule has 6 nitrogen and oxygen atoms in total. The third-order valence-corrected chi connectivity index (χ3v) is 2.99. The molecule has 2 aromatic rings. The van der Waals surface area contributed by atoms with Crippen LogP contribution in [0.25, 0.3) is 4.96 Å². The highest BCUT2D eigenvalue weighted by atomic mass is 32.1. The molecule has 0 aliphatic rings. The molecule has 0 spiro atoms. The van der Waals surface area contributed by atoms with Gasteiger partial charge in [-0.2, -0.15) is 0 Å². The monoisotopic (exact) mass is 267 g/mol. The summed E-state index contributed by atoms with van der Waals surface area (Å²) < 4.78 is 6.57. The highest BCUT2D eigenvalue weighted by Gasteiger charge is 2.09. The summed E-state index contributed by atoms with van der Waals surface area (Å²) in [5, 5.41) is 4.42. The van der Waals surface area contributed by atoms with E-state index in [1.807, 2.05) is 16.0 Å². The van der Waals surface area contributed by atoms with Crippen molar-refractivity contribution in [3.63, 3.8) is 0 Å². The first-order valence-electron chi connectivity index (χ1n) is 5.52. The smallest absolute Gasteiger partial charge is 0.325 e. The Balaban J connectivity index is 1.84. The predicted molar refractivity (Wildman–Crippen MR) is 66.4 cm³/mol. The van der Waals surface area contributed by atoms with Crippen LogP contribution in [0.2, 0.25) is 0 Å². The molecule has 7 heteroatoms. The van der Waals surface area contributed by atoms with Crippen LogP contribution >= 0.6 is 11.3 Å². The van der Waals surface area contributed by atoms with Crippen molar-refractivity contribution >= 4 is 28.2 Å². The highest BCUT2D eigenvalue weighted by Crippen LogP contribution is 2.11. The van der Waals surface area contributed by atoms with Gasteiger partial charge in [0.2, 0.25) is 5.91 Å². The molecular weight excluding hydrogens is 254 g/mol. The third kappa shape index (κ3) is 3.07. The van der Waals surface area contributed by atoms with E-state index in [9.17, 15) is 9.59 Å². The number of carbonyl (C=O) groups excluding carboxylic acids is 2. The van der Waals surface area contributed by atoms with Gasteiger partial charge < -0.3 is 10.1 Å². The van der Waals surface area contributed by atoms with Crippen molar-refractivity contribution in [2.24, 2.45) is 0 Å². The lowest BCUT2D eigenvalue weighted by Crippen LogP contribution is -2.31. The van der Waals surface area contributed by atoms with Crippen LogP contribution in [0.1, 0.15) is 12.6 Å². The zero-order valence-corrected chi connectivity index (χ0v) is 10.7. The second kappa shape index (κ2) is 5.63. The minimum atomic E-state index is -0.434. The molecule has 0 aliphatic carbocycles. The van der Waals surface area contributed by atoms with Gasteiger partial charge in [0.25, 0.3) is 0 Å². The van der Waals surface area contributed by atoms with Crippen molar-refractivity contribution in [2.45, 2.75) is 13.3 Å². The van der Waals surface area contributed by atoms with Crippen LogP contribution in [0, 0.1) is 0 Å². The largest absolute Gasteiger partial charge is 0.465 e. The van der Waals surface area contributed by atoms with Crippen LogP contribution in [0.4, 0.5) is 0 Å². The van der Waals surface area contributed by atoms with Gasteiger partial charge in [0.15, 0.2) is 4.96 Å². The molecule has 2 aromatic heterocycles. The summed E-state index contributed by atoms with van der Waals surface area (Å²) in [7, 11) is 0. The molecular formula is C11H13N3O3S. The number of rotatable bonds is 5. The Kier molecular flexibility index (Phi) is 3.93. The molecule has 0 saturated heterocycles. The Morgan fingerprint density at radius 3 is 3.11 bits per heavy atom. The van der Waals surface area contributed by atoms with Gasteiger partial charge >= 0.3 is 5.97 Å². The third-order valence-electron chi connectivity index (χ3n) is 2.22. The first-order valence-corrected chi connectivity index (χ1v) is 6.40. The molecule has 96 valence electrons. The van der Waals surface area contributed by atoms with E-state index in [0.717, 1.165) is 4.96 Å². The van der Waals surface area contributed by atoms with Crippen molar-refractivity contribution < 1.29 is 14.3 Å². The van der Waals surface area contributed by atoms with Crippen molar-refractivity contribution in [3.8, 4) is 0 Å². The predicted octanol–water partition coefficient (Wildman–Crippen LogP) is 0.618. The number of ether oxygens (including phenoxy) is 1. The van der Waals surface area contributed by atoms with Crippen LogP contribution in [0.3, 0.4) is 0 Å². The first-order chi connectivity index (χ1) is 8.69. The summed E-state index contributed by atoms with van der Waals surface area (Å²) in [4.78, 5) is 27.7. The molecule has 18 heavy (non-hydrogen) atoms. The highest BCUT2D eigenvalue weighted by molar-refractivity contribution is 7.15. The van der Waals surface area contributed by atoms with Crippen LogP contribution in [-0.2, 0) is 20.7 Å². The Morgan fingerprint density at radius 2 is 2.39 bits per heavy atom. The van der Waals surface area contributed by atoms with E-state index in [0.29, 0.717) is 12.3 Å². The summed E-state index contributed by atoms with van der Waals surface area (Å²) in [6, 6.07) is 0. The van der Waals surface area contributed by atoms with Crippen LogP contribution in [-0.4, -0.2) is 34.4 Å². The molecule has 0 aliphatic heterocycles. The number of hydrogen-bond acceptors (Lipinski definition) is 5. The summed E-state index contributed by atoms with van der Waals surface area (Å²) in [5.74, 6) is -0.675. The van der Waals surface area contributed by atoms with E-state index >= 15 is 0 Å². The van der Waals surface area contributed by atoms with E-state index in [2.05, 4.69) is 10.3 Å². The van der Waals surface area contributed by atoms with Gasteiger partial charge in [-0.25, -0.2) is 4.98 Å². The Morgan fingerprint density at radius 1 is 1.56 bits per heavy atom. The van der Waals surface area contributed by atoms with E-state index in [1.54, 1.807) is 13.1 Å². The van der Waals surface area contributed by atoms with Gasteiger partial charge in [0.05, 0.1) is 18.7 Å². The maximum Gasteiger partial charge on any atom is 0.325 e. The number of imidazole rings is 1. The second-order valence-corrected chi connectivity index (χ2v) is 4.46. The summed E-state index contributed by atoms with van der Waals surface area (Å²) in [5.41, 5.74) is 0.684. The average molecular weight is 267 g/mol. The minimum Gasteiger partial charge on any atom is -0.465 e. The molecule has 2 heterocycles. The van der Waals surface area contributed by atoms with Gasteiger partial charge in [0, 0.05) is 17.8 Å². The quantitative estimate of drug-likeness (QED) is 0.806. The molecule has 1 amide bonds. The van der Waals surface area contributed by atoms with Crippen molar-refractivity contribution in [2.75, 3.05) is 13.2 Å². The average Bonchev–Trinajstić information content (AvgIpc) is 2.87. The fraction of sp³-hybridized carbons (Fsp3) is 0.364. The van der Waals surface area contributed by atoms with Gasteiger partial charge in [0.1, 0.15) is 6.54 Å². The standard InChI is InChI=1S/C11H13N3O3S/c1-2-17-10(16)6-12-9(15)5-8-7-14-3-4-18-11(14)13-8/h3-4,7H,2,5-6H2,1H3,(H,12,15). The first kappa shape index (κ1) is 12.6. The van der Waals surface area contributed by atoms with Crippen LogP contribution in [0.15, 0.2) is 17.8 Å². The number of esters is 1. The fourth-order valence-corrected chi connectivity index (χ4v) is 2.19. The lowest BCUT2D eigenvalue weighted by atomic mass is 10.3. The van der Waals surface area contributed by atoms with Crippen LogP contribution < -0.4 is 5.32 Å². The zero-order chi connectivity index (χ0) is 13.0. The lowest BCUT2D eigenvalue weighted by Gasteiger charge is -2.03. The molecule has 0 aromatic carbocycles. The van der Waals surface area contributed by atoms with Gasteiger partial charge in [-0.15, -0.1) is 11.3 Å². The Labute approximate surface area is 108 Å². The number of nitrogens with one attached hydrogen (secondary N) is 1. The lowest BCUT2D eigenvalue weighted by molar-refractivity contribution is -0.143. The van der Waals surface area contributed by atoms with Crippen LogP contribution in [0.5, 0.6) is 0 Å². The topological polar surface area (TPSA) is 72.7 Å². The number of thiazole rings is 1. The summed E-state index contributed by atoms with van der Waals surface area (Å²) in [6.07, 6.45) is 3.84. The summed E-state index contributed by atoms with van der Waals surface area (Å²) >= 11 is 1.51. The fourth-order valence-electron chi connectivity index (χ4n) is 1.47. The summed E-state index contributed by atoms with van der Waals surface area (Å²) in [6.45, 7) is 1.93. The SMILES string of the molecule is CCOC(=O)CNC(=O)Cc1cn2ccsc2n1. The second-order valence-electron chi connectivity index (χ2n) is 3.58. The maximum atomic E-state index is 11.6. The Hall–Kier alpha value is -1.89. The van der Waals surface area contributed by atoms with Gasteiger partial charge in [-0.3, -0.25) is 14.0 Å². The van der Waals surface area contributed by atoms with E-state index < -0.39 is 5.97 Å². The Bertz CT molecular complexity index is 532. The number of nitrogens with zero attached hydrogens (tertiary/aromatic N) is 2. The molecule has 1 N–H and O–H groups in total. The molecule has 2 rings (SSSR count). The van der Waals surface area contributed by atoms with E-state index in [-0.39, 0.29) is 18.9 Å². The molecule has 0 radical (unpaired) electrons. The van der Waals surface area contributed by atoms with Crippen molar-refractivity contribution in [1.29, 1.82) is 0 Å². The van der Waals surface area contributed by atoms with E-state index in [1.165, 1.54) is 11.3 Å². The van der Waals surface area contributed by atoms with Gasteiger partial charge in [-0.05, 0) is 6.92 Å². The van der Waals surface area contributed by atoms with E-state index in [4.69, 9.17) is 4.74 Å². The minimum absolute atomic E-state index is 0.102.